The van der Waals surface area contributed by atoms with E-state index < -0.39 is 5.82 Å². The van der Waals surface area contributed by atoms with Crippen LogP contribution in [0.25, 0.3) is 0 Å². The molecule has 24 heavy (non-hydrogen) atoms. The molecule has 0 aliphatic rings. The summed E-state index contributed by atoms with van der Waals surface area (Å²) in [4.78, 5) is 15.6. The second-order valence-electron chi connectivity index (χ2n) is 4.51. The number of ether oxygens (including phenoxy) is 2. The van der Waals surface area contributed by atoms with Crippen molar-refractivity contribution in [3.63, 3.8) is 0 Å². The predicted molar refractivity (Wildman–Crippen MR) is 91.6 cm³/mol. The van der Waals surface area contributed by atoms with Gasteiger partial charge < -0.3 is 9.47 Å². The van der Waals surface area contributed by atoms with Gasteiger partial charge in [0, 0.05) is 5.38 Å². The first-order valence-corrected chi connectivity index (χ1v) is 8.21. The summed E-state index contributed by atoms with van der Waals surface area (Å²) < 4.78 is 23.4. The van der Waals surface area contributed by atoms with Crippen molar-refractivity contribution >= 4 is 40.3 Å². The lowest BCUT2D eigenvalue weighted by molar-refractivity contribution is -0.142. The number of aromatic nitrogens is 1. The average Bonchev–Trinajstić information content (AvgIpc) is 2.94. The Morgan fingerprint density at radius 1 is 1.54 bits per heavy atom. The van der Waals surface area contributed by atoms with Crippen LogP contribution in [-0.2, 0) is 16.0 Å². The molecule has 0 radical (unpaired) electrons. The number of nitrogens with zero attached hydrogens (tertiary/aromatic N) is 2. The molecule has 0 aliphatic heterocycles. The Morgan fingerprint density at radius 3 is 3.00 bits per heavy atom. The number of halogens is 2. The number of carbonyl (C=O) groups is 1. The highest BCUT2D eigenvalue weighted by Gasteiger charge is 2.09. The second kappa shape index (κ2) is 8.60. The molecule has 1 N–H and O–H groups in total. The molecule has 0 fully saturated rings. The highest BCUT2D eigenvalue weighted by molar-refractivity contribution is 7.13. The molecule has 2 aromatic rings. The summed E-state index contributed by atoms with van der Waals surface area (Å²) >= 11 is 7.20. The van der Waals surface area contributed by atoms with Gasteiger partial charge in [-0.3, -0.25) is 10.2 Å². The van der Waals surface area contributed by atoms with Crippen LogP contribution in [0.2, 0.25) is 5.02 Å². The lowest BCUT2D eigenvalue weighted by Gasteiger charge is -2.05. The third-order valence-electron chi connectivity index (χ3n) is 2.78. The van der Waals surface area contributed by atoms with E-state index in [4.69, 9.17) is 21.1 Å². The maximum Gasteiger partial charge on any atom is 0.311 e. The summed E-state index contributed by atoms with van der Waals surface area (Å²) in [6.45, 7) is 2.08. The minimum absolute atomic E-state index is 0.00898. The SMILES string of the molecule is CCOC(=O)Cc1csc(NN=Cc2cc(F)c(OC)c(Cl)c2)n1. The molecule has 9 heteroatoms. The number of benzene rings is 1. The van der Waals surface area contributed by atoms with E-state index in [1.54, 1.807) is 12.3 Å². The van der Waals surface area contributed by atoms with Crippen molar-refractivity contribution in [2.24, 2.45) is 5.10 Å². The number of hydrogen-bond acceptors (Lipinski definition) is 7. The molecule has 0 unspecified atom stereocenters. The fourth-order valence-corrected chi connectivity index (χ4v) is 2.76. The van der Waals surface area contributed by atoms with Crippen molar-refractivity contribution < 1.29 is 18.7 Å². The molecular weight excluding hydrogens is 357 g/mol. The van der Waals surface area contributed by atoms with Gasteiger partial charge >= 0.3 is 5.97 Å². The number of hydrazone groups is 1. The Bertz CT molecular complexity index is 728. The van der Waals surface area contributed by atoms with E-state index >= 15 is 0 Å². The lowest BCUT2D eigenvalue weighted by Crippen LogP contribution is -2.07. The number of hydrogen-bond donors (Lipinski definition) is 1. The zero-order valence-corrected chi connectivity index (χ0v) is 14.6. The van der Waals surface area contributed by atoms with Gasteiger partial charge in [-0.1, -0.05) is 11.6 Å². The molecule has 1 heterocycles. The summed E-state index contributed by atoms with van der Waals surface area (Å²) in [5, 5.41) is 6.37. The number of methoxy groups -OCH3 is 1. The Balaban J connectivity index is 1.97. The molecule has 0 bridgehead atoms. The van der Waals surface area contributed by atoms with E-state index in [9.17, 15) is 9.18 Å². The van der Waals surface area contributed by atoms with Crippen LogP contribution in [0.15, 0.2) is 22.6 Å². The van der Waals surface area contributed by atoms with Gasteiger partial charge in [0.15, 0.2) is 11.6 Å². The van der Waals surface area contributed by atoms with Gasteiger partial charge in [-0.15, -0.1) is 11.3 Å². The van der Waals surface area contributed by atoms with E-state index in [0.717, 1.165) is 0 Å². The summed E-state index contributed by atoms with van der Waals surface area (Å²) in [6.07, 6.45) is 1.51. The molecule has 0 atom stereocenters. The summed E-state index contributed by atoms with van der Waals surface area (Å²) in [5.74, 6) is -0.913. The number of anilines is 1. The van der Waals surface area contributed by atoms with Gasteiger partial charge in [0.2, 0.25) is 5.13 Å². The Labute approximate surface area is 147 Å². The zero-order chi connectivity index (χ0) is 17.5. The van der Waals surface area contributed by atoms with Gasteiger partial charge in [-0.25, -0.2) is 9.37 Å². The first-order valence-electron chi connectivity index (χ1n) is 6.95. The molecule has 0 saturated heterocycles. The van der Waals surface area contributed by atoms with Crippen molar-refractivity contribution in [3.05, 3.63) is 39.6 Å². The van der Waals surface area contributed by atoms with Crippen LogP contribution in [0.3, 0.4) is 0 Å². The van der Waals surface area contributed by atoms with Crippen molar-refractivity contribution in [2.75, 3.05) is 19.1 Å². The molecule has 1 aromatic heterocycles. The quantitative estimate of drug-likeness (QED) is 0.458. The highest BCUT2D eigenvalue weighted by Crippen LogP contribution is 2.28. The standard InChI is InChI=1S/C15H15ClFN3O3S/c1-3-23-13(21)6-10-8-24-15(19-10)20-18-7-9-4-11(16)14(22-2)12(17)5-9/h4-5,7-8H,3,6H2,1-2H3,(H,19,20). The minimum atomic E-state index is -0.572. The van der Waals surface area contributed by atoms with Crippen LogP contribution in [0.5, 0.6) is 5.75 Å². The summed E-state index contributed by atoms with van der Waals surface area (Å²) in [5.41, 5.74) is 3.77. The van der Waals surface area contributed by atoms with Crippen molar-refractivity contribution in [1.29, 1.82) is 0 Å². The molecule has 128 valence electrons. The van der Waals surface area contributed by atoms with E-state index in [1.165, 1.54) is 36.8 Å². The average molecular weight is 372 g/mol. The number of thiazole rings is 1. The number of carbonyl (C=O) groups excluding carboxylic acids is 1. The molecule has 0 aliphatic carbocycles. The largest absolute Gasteiger partial charge is 0.492 e. The van der Waals surface area contributed by atoms with Crippen LogP contribution >= 0.6 is 22.9 Å². The fourth-order valence-electron chi connectivity index (χ4n) is 1.81. The minimum Gasteiger partial charge on any atom is -0.492 e. The molecule has 0 saturated carbocycles. The maximum atomic E-state index is 13.7. The van der Waals surface area contributed by atoms with E-state index in [0.29, 0.717) is 23.0 Å². The number of esters is 1. The topological polar surface area (TPSA) is 72.8 Å². The van der Waals surface area contributed by atoms with Gasteiger partial charge in [0.05, 0.1) is 37.1 Å². The monoisotopic (exact) mass is 371 g/mol. The van der Waals surface area contributed by atoms with E-state index in [2.05, 4.69) is 15.5 Å². The van der Waals surface area contributed by atoms with Crippen molar-refractivity contribution in [1.82, 2.24) is 4.98 Å². The first kappa shape index (κ1) is 18.2. The summed E-state index contributed by atoms with van der Waals surface area (Å²) in [6, 6.07) is 2.78. The Kier molecular flexibility index (Phi) is 6.51. The third kappa shape index (κ3) is 4.90. The second-order valence-corrected chi connectivity index (χ2v) is 5.78. The maximum absolute atomic E-state index is 13.7. The zero-order valence-electron chi connectivity index (χ0n) is 13.0. The smallest absolute Gasteiger partial charge is 0.311 e. The van der Waals surface area contributed by atoms with Crippen molar-refractivity contribution in [2.45, 2.75) is 13.3 Å². The van der Waals surface area contributed by atoms with Crippen LogP contribution in [0.1, 0.15) is 18.2 Å². The van der Waals surface area contributed by atoms with Crippen LogP contribution < -0.4 is 10.2 Å². The molecule has 6 nitrogen and oxygen atoms in total. The van der Waals surface area contributed by atoms with Gasteiger partial charge in [-0.05, 0) is 24.6 Å². The Morgan fingerprint density at radius 2 is 2.33 bits per heavy atom. The Hall–Kier alpha value is -2.19. The first-order chi connectivity index (χ1) is 11.5. The number of nitrogens with one attached hydrogen (secondary N) is 1. The highest BCUT2D eigenvalue weighted by atomic mass is 35.5. The van der Waals surface area contributed by atoms with Gasteiger partial charge in [0.25, 0.3) is 0 Å². The normalized spacial score (nSPS) is 10.8. The molecule has 0 spiro atoms. The lowest BCUT2D eigenvalue weighted by atomic mass is 10.2. The van der Waals surface area contributed by atoms with Crippen LogP contribution in [-0.4, -0.2) is 30.9 Å². The van der Waals surface area contributed by atoms with Crippen molar-refractivity contribution in [3.8, 4) is 5.75 Å². The van der Waals surface area contributed by atoms with Gasteiger partial charge in [0.1, 0.15) is 0 Å². The molecular formula is C15H15ClFN3O3S. The fraction of sp³-hybridized carbons (Fsp3) is 0.267. The van der Waals surface area contributed by atoms with Crippen LogP contribution in [0, 0.1) is 5.82 Å². The third-order valence-corrected chi connectivity index (χ3v) is 3.86. The summed E-state index contributed by atoms with van der Waals surface area (Å²) in [7, 11) is 1.34. The van der Waals surface area contributed by atoms with E-state index in [1.807, 2.05) is 0 Å². The number of rotatable bonds is 7. The molecule has 1 aromatic carbocycles. The molecule has 2 rings (SSSR count). The van der Waals surface area contributed by atoms with Gasteiger partial charge in [-0.2, -0.15) is 5.10 Å². The van der Waals surface area contributed by atoms with Crippen LogP contribution in [0.4, 0.5) is 9.52 Å². The molecule has 0 amide bonds. The van der Waals surface area contributed by atoms with E-state index in [-0.39, 0.29) is 23.2 Å². The predicted octanol–water partition coefficient (Wildman–Crippen LogP) is 3.50.